The van der Waals surface area contributed by atoms with Crippen molar-refractivity contribution in [3.05, 3.63) is 89.5 Å². The van der Waals surface area contributed by atoms with Gasteiger partial charge in [-0.3, -0.25) is 4.79 Å². The molecule has 0 aliphatic heterocycles. The molecule has 0 bridgehead atoms. The highest BCUT2D eigenvalue weighted by molar-refractivity contribution is 5.96. The van der Waals surface area contributed by atoms with Crippen LogP contribution in [0, 0.1) is 6.92 Å². The summed E-state index contributed by atoms with van der Waals surface area (Å²) in [5, 5.41) is 6.42. The highest BCUT2D eigenvalue weighted by Crippen LogP contribution is 2.27. The standard InChI is InChI=1S/C25H28N2O3/c1-18-13-14-23(30-3)21(17-18)27-25(28)24(20-10-5-4-6-11-20)26-16-15-19-9-7-8-12-22(19)29-2/h4-14,17,24,26H,15-16H2,1-3H3,(H,27,28)/t24-/m1/s1. The molecule has 2 N–H and O–H groups in total. The lowest BCUT2D eigenvalue weighted by Crippen LogP contribution is -2.34. The van der Waals surface area contributed by atoms with Crippen molar-refractivity contribution in [1.29, 1.82) is 0 Å². The molecule has 3 aromatic rings. The highest BCUT2D eigenvalue weighted by Gasteiger charge is 2.21. The van der Waals surface area contributed by atoms with Crippen LogP contribution in [0.4, 0.5) is 5.69 Å². The van der Waals surface area contributed by atoms with Crippen LogP contribution in [0.3, 0.4) is 0 Å². The zero-order chi connectivity index (χ0) is 21.3. The molecule has 0 radical (unpaired) electrons. The van der Waals surface area contributed by atoms with Crippen LogP contribution in [0.15, 0.2) is 72.8 Å². The lowest BCUT2D eigenvalue weighted by molar-refractivity contribution is -0.118. The first-order valence-corrected chi connectivity index (χ1v) is 9.98. The van der Waals surface area contributed by atoms with Crippen molar-refractivity contribution in [1.82, 2.24) is 5.32 Å². The molecular weight excluding hydrogens is 376 g/mol. The fraction of sp³-hybridized carbons (Fsp3) is 0.240. The van der Waals surface area contributed by atoms with Gasteiger partial charge in [-0.15, -0.1) is 0 Å². The number of amides is 1. The SMILES string of the molecule is COc1ccccc1CCN[C@@H](C(=O)Nc1cc(C)ccc1OC)c1ccccc1. The van der Waals surface area contributed by atoms with Crippen LogP contribution in [0.25, 0.3) is 0 Å². The van der Waals surface area contributed by atoms with E-state index in [-0.39, 0.29) is 5.91 Å². The van der Waals surface area contributed by atoms with Gasteiger partial charge in [0.2, 0.25) is 5.91 Å². The van der Waals surface area contributed by atoms with Gasteiger partial charge >= 0.3 is 0 Å². The van der Waals surface area contributed by atoms with Gasteiger partial charge in [-0.25, -0.2) is 0 Å². The molecular formula is C25H28N2O3. The van der Waals surface area contributed by atoms with Crippen molar-refractivity contribution < 1.29 is 14.3 Å². The number of benzene rings is 3. The Morgan fingerprint density at radius 2 is 1.60 bits per heavy atom. The summed E-state index contributed by atoms with van der Waals surface area (Å²) in [6.45, 7) is 2.60. The van der Waals surface area contributed by atoms with Crippen LogP contribution in [0.1, 0.15) is 22.7 Å². The molecule has 0 aromatic heterocycles. The van der Waals surface area contributed by atoms with E-state index in [4.69, 9.17) is 9.47 Å². The number of para-hydroxylation sites is 1. The maximum atomic E-state index is 13.2. The molecule has 0 aliphatic carbocycles. The summed E-state index contributed by atoms with van der Waals surface area (Å²) in [5.74, 6) is 1.35. The Kier molecular flexibility index (Phi) is 7.46. The van der Waals surface area contributed by atoms with E-state index >= 15 is 0 Å². The monoisotopic (exact) mass is 404 g/mol. The van der Waals surface area contributed by atoms with Gasteiger partial charge < -0.3 is 20.1 Å². The zero-order valence-corrected chi connectivity index (χ0v) is 17.6. The fourth-order valence-corrected chi connectivity index (χ4v) is 3.39. The number of carbonyl (C=O) groups excluding carboxylic acids is 1. The number of ether oxygens (including phenoxy) is 2. The van der Waals surface area contributed by atoms with Crippen molar-refractivity contribution in [2.45, 2.75) is 19.4 Å². The first-order valence-electron chi connectivity index (χ1n) is 9.98. The summed E-state index contributed by atoms with van der Waals surface area (Å²) in [6.07, 6.45) is 0.744. The van der Waals surface area contributed by atoms with Crippen molar-refractivity contribution in [3.63, 3.8) is 0 Å². The van der Waals surface area contributed by atoms with Crippen LogP contribution in [0.2, 0.25) is 0 Å². The van der Waals surface area contributed by atoms with Crippen molar-refractivity contribution in [2.75, 3.05) is 26.1 Å². The molecule has 3 aromatic carbocycles. The maximum absolute atomic E-state index is 13.2. The predicted molar refractivity (Wildman–Crippen MR) is 120 cm³/mol. The van der Waals surface area contributed by atoms with Crippen LogP contribution in [0.5, 0.6) is 11.5 Å². The maximum Gasteiger partial charge on any atom is 0.246 e. The summed E-state index contributed by atoms with van der Waals surface area (Å²) < 4.78 is 10.8. The molecule has 0 fully saturated rings. The number of aryl methyl sites for hydroxylation is 1. The third-order valence-electron chi connectivity index (χ3n) is 4.94. The minimum Gasteiger partial charge on any atom is -0.496 e. The topological polar surface area (TPSA) is 59.6 Å². The second-order valence-corrected chi connectivity index (χ2v) is 7.05. The predicted octanol–water partition coefficient (Wildman–Crippen LogP) is 4.52. The number of carbonyl (C=O) groups is 1. The lowest BCUT2D eigenvalue weighted by atomic mass is 10.0. The van der Waals surface area contributed by atoms with Crippen LogP contribution in [-0.2, 0) is 11.2 Å². The first-order chi connectivity index (χ1) is 14.6. The van der Waals surface area contributed by atoms with Crippen molar-refractivity contribution in [2.24, 2.45) is 0 Å². The van der Waals surface area contributed by atoms with Gasteiger partial charge in [0.15, 0.2) is 0 Å². The van der Waals surface area contributed by atoms with Gasteiger partial charge in [0, 0.05) is 6.54 Å². The van der Waals surface area contributed by atoms with E-state index < -0.39 is 6.04 Å². The van der Waals surface area contributed by atoms with Gasteiger partial charge in [-0.05, 0) is 48.2 Å². The molecule has 0 spiro atoms. The summed E-state index contributed by atoms with van der Waals surface area (Å²) >= 11 is 0. The van der Waals surface area contributed by atoms with Crippen LogP contribution < -0.4 is 20.1 Å². The Bertz CT molecular complexity index is 973. The third kappa shape index (κ3) is 5.39. The molecule has 0 saturated carbocycles. The molecule has 30 heavy (non-hydrogen) atoms. The number of rotatable bonds is 9. The number of methoxy groups -OCH3 is 2. The second-order valence-electron chi connectivity index (χ2n) is 7.05. The Morgan fingerprint density at radius 1 is 0.900 bits per heavy atom. The molecule has 3 rings (SSSR count). The van der Waals surface area contributed by atoms with E-state index in [0.717, 1.165) is 28.9 Å². The lowest BCUT2D eigenvalue weighted by Gasteiger charge is -2.20. The van der Waals surface area contributed by atoms with Gasteiger partial charge in [-0.1, -0.05) is 54.6 Å². The van der Waals surface area contributed by atoms with Crippen molar-refractivity contribution in [3.8, 4) is 11.5 Å². The molecule has 0 unspecified atom stereocenters. The second kappa shape index (κ2) is 10.5. The van der Waals surface area contributed by atoms with Crippen LogP contribution >= 0.6 is 0 Å². The van der Waals surface area contributed by atoms with Gasteiger partial charge in [-0.2, -0.15) is 0 Å². The molecule has 0 aliphatic rings. The number of anilines is 1. The average molecular weight is 405 g/mol. The van der Waals surface area contributed by atoms with E-state index in [0.29, 0.717) is 18.0 Å². The quantitative estimate of drug-likeness (QED) is 0.550. The minimum absolute atomic E-state index is 0.134. The molecule has 1 amide bonds. The van der Waals surface area contributed by atoms with E-state index in [1.54, 1.807) is 14.2 Å². The molecule has 1 atom stereocenters. The Labute approximate surface area is 178 Å². The molecule has 156 valence electrons. The molecule has 0 heterocycles. The normalized spacial score (nSPS) is 11.6. The number of nitrogens with one attached hydrogen (secondary N) is 2. The fourth-order valence-electron chi connectivity index (χ4n) is 3.39. The van der Waals surface area contributed by atoms with Crippen molar-refractivity contribution >= 4 is 11.6 Å². The van der Waals surface area contributed by atoms with Gasteiger partial charge in [0.05, 0.1) is 19.9 Å². The van der Waals surface area contributed by atoms with E-state index in [1.807, 2.05) is 79.7 Å². The molecule has 5 heteroatoms. The minimum atomic E-state index is -0.494. The average Bonchev–Trinajstić information content (AvgIpc) is 2.77. The van der Waals surface area contributed by atoms with Crippen LogP contribution in [-0.4, -0.2) is 26.7 Å². The Morgan fingerprint density at radius 3 is 2.33 bits per heavy atom. The largest absolute Gasteiger partial charge is 0.496 e. The third-order valence-corrected chi connectivity index (χ3v) is 4.94. The summed E-state index contributed by atoms with van der Waals surface area (Å²) in [4.78, 5) is 13.2. The van der Waals surface area contributed by atoms with E-state index in [2.05, 4.69) is 10.6 Å². The summed E-state index contributed by atoms with van der Waals surface area (Å²) in [6, 6.07) is 22.9. The zero-order valence-electron chi connectivity index (χ0n) is 17.6. The Balaban J connectivity index is 1.76. The smallest absolute Gasteiger partial charge is 0.246 e. The summed E-state index contributed by atoms with van der Waals surface area (Å²) in [7, 11) is 3.27. The van der Waals surface area contributed by atoms with E-state index in [9.17, 15) is 4.79 Å². The van der Waals surface area contributed by atoms with Gasteiger partial charge in [0.25, 0.3) is 0 Å². The first kappa shape index (κ1) is 21.4. The molecule has 5 nitrogen and oxygen atoms in total. The highest BCUT2D eigenvalue weighted by atomic mass is 16.5. The van der Waals surface area contributed by atoms with Gasteiger partial charge in [0.1, 0.15) is 17.5 Å². The summed E-state index contributed by atoms with van der Waals surface area (Å²) in [5.41, 5.74) is 3.71. The number of hydrogen-bond donors (Lipinski definition) is 2. The molecule has 0 saturated heterocycles. The Hall–Kier alpha value is -3.31. The number of hydrogen-bond acceptors (Lipinski definition) is 4. The van der Waals surface area contributed by atoms with E-state index in [1.165, 1.54) is 0 Å².